The van der Waals surface area contributed by atoms with Gasteiger partial charge in [-0.05, 0) is 40.0 Å². The van der Waals surface area contributed by atoms with Crippen LogP contribution in [0.2, 0.25) is 0 Å². The van der Waals surface area contributed by atoms with E-state index in [1.807, 2.05) is 0 Å². The minimum absolute atomic E-state index is 0.0685. The Morgan fingerprint density at radius 1 is 1.25 bits per heavy atom. The summed E-state index contributed by atoms with van der Waals surface area (Å²) in [5.74, 6) is 0. The highest BCUT2D eigenvalue weighted by Crippen LogP contribution is 2.28. The molecule has 0 aromatic carbocycles. The molecule has 2 atom stereocenters. The van der Waals surface area contributed by atoms with Crippen molar-refractivity contribution < 1.29 is 9.47 Å². The van der Waals surface area contributed by atoms with Crippen LogP contribution in [0.4, 0.5) is 0 Å². The molecule has 4 heteroatoms. The second-order valence-electron chi connectivity index (χ2n) is 7.13. The number of nitrogens with zero attached hydrogens (tertiary/aromatic N) is 1. The molecule has 0 bridgehead atoms. The van der Waals surface area contributed by atoms with Crippen molar-refractivity contribution >= 4 is 0 Å². The molecule has 0 saturated carbocycles. The number of ether oxygens (including phenoxy) is 2. The van der Waals surface area contributed by atoms with Crippen LogP contribution in [0.1, 0.15) is 47.0 Å². The van der Waals surface area contributed by atoms with Crippen molar-refractivity contribution in [2.45, 2.75) is 64.1 Å². The van der Waals surface area contributed by atoms with Crippen molar-refractivity contribution in [3.8, 4) is 0 Å². The third-order valence-corrected chi connectivity index (χ3v) is 5.03. The number of rotatable bonds is 5. The summed E-state index contributed by atoms with van der Waals surface area (Å²) in [6.07, 6.45) is 3.36. The van der Waals surface area contributed by atoms with Gasteiger partial charge in [0.05, 0.1) is 18.8 Å². The molecule has 0 aromatic rings. The lowest BCUT2D eigenvalue weighted by Gasteiger charge is -2.43. The first-order chi connectivity index (χ1) is 9.45. The highest BCUT2D eigenvalue weighted by molar-refractivity contribution is 4.90. The van der Waals surface area contributed by atoms with E-state index in [9.17, 15) is 0 Å². The van der Waals surface area contributed by atoms with Gasteiger partial charge < -0.3 is 14.8 Å². The van der Waals surface area contributed by atoms with Crippen molar-refractivity contribution in [3.63, 3.8) is 0 Å². The van der Waals surface area contributed by atoms with Crippen molar-refractivity contribution in [2.75, 3.05) is 39.5 Å². The fraction of sp³-hybridized carbons (Fsp3) is 1.00. The zero-order valence-electron chi connectivity index (χ0n) is 13.7. The molecule has 2 saturated heterocycles. The lowest BCUT2D eigenvalue weighted by molar-refractivity contribution is -0.0799. The maximum absolute atomic E-state index is 5.93. The molecule has 4 nitrogen and oxygen atoms in total. The largest absolute Gasteiger partial charge is 0.379 e. The molecule has 2 rings (SSSR count). The molecule has 2 fully saturated rings. The van der Waals surface area contributed by atoms with Crippen LogP contribution >= 0.6 is 0 Å². The standard InChI is InChI=1S/C16H32N2O2/c1-5-16(4)12-14(6-9-20-16)17-13-15(2,3)18-7-10-19-11-8-18/h14,17H,5-13H2,1-4H3. The zero-order valence-corrected chi connectivity index (χ0v) is 13.7. The molecular formula is C16H32N2O2. The average Bonchev–Trinajstić information content (AvgIpc) is 2.46. The van der Waals surface area contributed by atoms with Gasteiger partial charge in [-0.25, -0.2) is 0 Å². The van der Waals surface area contributed by atoms with Crippen LogP contribution in [0.25, 0.3) is 0 Å². The summed E-state index contributed by atoms with van der Waals surface area (Å²) in [5.41, 5.74) is 0.268. The predicted octanol–water partition coefficient (Wildman–Crippen LogP) is 2.03. The number of hydrogen-bond donors (Lipinski definition) is 1. The molecule has 0 aliphatic carbocycles. The van der Waals surface area contributed by atoms with Crippen molar-refractivity contribution in [3.05, 3.63) is 0 Å². The highest BCUT2D eigenvalue weighted by atomic mass is 16.5. The molecule has 20 heavy (non-hydrogen) atoms. The molecule has 118 valence electrons. The molecule has 2 heterocycles. The number of hydrogen-bond acceptors (Lipinski definition) is 4. The monoisotopic (exact) mass is 284 g/mol. The van der Waals surface area contributed by atoms with Crippen LogP contribution in [0.3, 0.4) is 0 Å². The Bertz CT molecular complexity index is 303. The maximum atomic E-state index is 5.93. The third kappa shape index (κ3) is 4.17. The smallest absolute Gasteiger partial charge is 0.0666 e. The zero-order chi connectivity index (χ0) is 14.6. The minimum atomic E-state index is 0.0685. The van der Waals surface area contributed by atoms with E-state index in [-0.39, 0.29) is 11.1 Å². The molecule has 1 N–H and O–H groups in total. The van der Waals surface area contributed by atoms with Gasteiger partial charge in [0.1, 0.15) is 0 Å². The Balaban J connectivity index is 1.81. The Kier molecular flexibility index (Phi) is 5.46. The summed E-state index contributed by atoms with van der Waals surface area (Å²) in [7, 11) is 0. The van der Waals surface area contributed by atoms with Gasteiger partial charge in [0.15, 0.2) is 0 Å². The van der Waals surface area contributed by atoms with Gasteiger partial charge in [0.25, 0.3) is 0 Å². The SMILES string of the molecule is CCC1(C)CC(NCC(C)(C)N2CCOCC2)CCO1. The highest BCUT2D eigenvalue weighted by Gasteiger charge is 2.33. The molecule has 0 radical (unpaired) electrons. The van der Waals surface area contributed by atoms with E-state index in [0.717, 1.165) is 58.7 Å². The van der Waals surface area contributed by atoms with Gasteiger partial charge in [0.2, 0.25) is 0 Å². The molecule has 2 unspecified atom stereocenters. The first kappa shape index (κ1) is 16.2. The van der Waals surface area contributed by atoms with Crippen LogP contribution in [0, 0.1) is 0 Å². The summed E-state index contributed by atoms with van der Waals surface area (Å²) < 4.78 is 11.4. The van der Waals surface area contributed by atoms with Gasteiger partial charge in [0, 0.05) is 37.8 Å². The summed E-state index contributed by atoms with van der Waals surface area (Å²) >= 11 is 0. The Hall–Kier alpha value is -0.160. The van der Waals surface area contributed by atoms with Crippen molar-refractivity contribution in [1.29, 1.82) is 0 Å². The first-order valence-electron chi connectivity index (χ1n) is 8.15. The first-order valence-corrected chi connectivity index (χ1v) is 8.15. The van der Waals surface area contributed by atoms with Gasteiger partial charge in [-0.15, -0.1) is 0 Å². The van der Waals surface area contributed by atoms with E-state index in [2.05, 4.69) is 37.9 Å². The molecule has 2 aliphatic rings. The predicted molar refractivity (Wildman–Crippen MR) is 82.1 cm³/mol. The molecule has 0 spiro atoms. The lowest BCUT2D eigenvalue weighted by atomic mass is 9.89. The van der Waals surface area contributed by atoms with Crippen LogP contribution in [-0.4, -0.2) is 61.5 Å². The van der Waals surface area contributed by atoms with Gasteiger partial charge in [-0.1, -0.05) is 6.92 Å². The Labute approximate surface area is 124 Å². The number of morpholine rings is 1. The second-order valence-corrected chi connectivity index (χ2v) is 7.13. The quantitative estimate of drug-likeness (QED) is 0.837. The summed E-state index contributed by atoms with van der Waals surface area (Å²) in [6, 6.07) is 0.592. The van der Waals surface area contributed by atoms with Crippen LogP contribution < -0.4 is 5.32 Å². The third-order valence-electron chi connectivity index (χ3n) is 5.03. The lowest BCUT2D eigenvalue weighted by Crippen LogP contribution is -2.57. The fourth-order valence-corrected chi connectivity index (χ4v) is 3.23. The van der Waals surface area contributed by atoms with Crippen LogP contribution in [-0.2, 0) is 9.47 Å². The maximum Gasteiger partial charge on any atom is 0.0666 e. The van der Waals surface area contributed by atoms with Crippen LogP contribution in [0.15, 0.2) is 0 Å². The average molecular weight is 284 g/mol. The molecular weight excluding hydrogens is 252 g/mol. The number of nitrogens with one attached hydrogen (secondary N) is 1. The van der Waals surface area contributed by atoms with E-state index >= 15 is 0 Å². The van der Waals surface area contributed by atoms with Crippen molar-refractivity contribution in [2.24, 2.45) is 0 Å². The van der Waals surface area contributed by atoms with E-state index in [4.69, 9.17) is 9.47 Å². The van der Waals surface area contributed by atoms with E-state index in [1.165, 1.54) is 0 Å². The topological polar surface area (TPSA) is 33.7 Å². The van der Waals surface area contributed by atoms with E-state index < -0.39 is 0 Å². The summed E-state index contributed by atoms with van der Waals surface area (Å²) in [6.45, 7) is 14.9. The van der Waals surface area contributed by atoms with Gasteiger partial charge in [-0.2, -0.15) is 0 Å². The van der Waals surface area contributed by atoms with E-state index in [1.54, 1.807) is 0 Å². The van der Waals surface area contributed by atoms with Crippen LogP contribution in [0.5, 0.6) is 0 Å². The fourth-order valence-electron chi connectivity index (χ4n) is 3.23. The Morgan fingerprint density at radius 2 is 1.95 bits per heavy atom. The van der Waals surface area contributed by atoms with Gasteiger partial charge >= 0.3 is 0 Å². The normalized spacial score (nSPS) is 33.3. The minimum Gasteiger partial charge on any atom is -0.379 e. The molecule has 2 aliphatic heterocycles. The van der Waals surface area contributed by atoms with E-state index in [0.29, 0.717) is 6.04 Å². The second kappa shape index (κ2) is 6.73. The summed E-state index contributed by atoms with van der Waals surface area (Å²) in [5, 5.41) is 3.79. The van der Waals surface area contributed by atoms with Crippen molar-refractivity contribution in [1.82, 2.24) is 10.2 Å². The molecule has 0 amide bonds. The summed E-state index contributed by atoms with van der Waals surface area (Å²) in [4.78, 5) is 2.54. The molecule has 0 aromatic heterocycles. The Morgan fingerprint density at radius 3 is 2.60 bits per heavy atom. The van der Waals surface area contributed by atoms with Gasteiger partial charge in [-0.3, -0.25) is 4.90 Å².